The molecular weight excluding hydrogens is 268 g/mol. The Balaban J connectivity index is 2.35. The average Bonchev–Trinajstić information content (AvgIpc) is 2.32. The molecule has 92 valence electrons. The first-order valence-electron chi connectivity index (χ1n) is 5.16. The highest BCUT2D eigenvalue weighted by molar-refractivity contribution is 7.99. The van der Waals surface area contributed by atoms with Crippen LogP contribution in [-0.2, 0) is 0 Å². The average molecular weight is 279 g/mol. The van der Waals surface area contributed by atoms with E-state index < -0.39 is 0 Å². The maximum absolute atomic E-state index is 7.53. The molecule has 0 saturated heterocycles. The molecular formula is C12H11ClN4S. The van der Waals surface area contributed by atoms with Crippen molar-refractivity contribution in [1.29, 1.82) is 5.41 Å². The van der Waals surface area contributed by atoms with Crippen molar-refractivity contribution in [3.63, 3.8) is 0 Å². The Labute approximate surface area is 114 Å². The van der Waals surface area contributed by atoms with Crippen LogP contribution in [0.4, 0.5) is 0 Å². The summed E-state index contributed by atoms with van der Waals surface area (Å²) in [5.74, 6) is 0.00118. The second kappa shape index (κ2) is 5.37. The fourth-order valence-corrected chi connectivity index (χ4v) is 2.45. The Kier molecular flexibility index (Phi) is 3.84. The highest BCUT2D eigenvalue weighted by atomic mass is 35.5. The van der Waals surface area contributed by atoms with Gasteiger partial charge in [-0.1, -0.05) is 11.6 Å². The van der Waals surface area contributed by atoms with Crippen molar-refractivity contribution in [2.24, 2.45) is 5.73 Å². The third-order valence-electron chi connectivity index (χ3n) is 2.19. The first kappa shape index (κ1) is 12.9. The number of hydrogen-bond acceptors (Lipinski definition) is 4. The molecule has 0 radical (unpaired) electrons. The lowest BCUT2D eigenvalue weighted by Crippen LogP contribution is -2.12. The quantitative estimate of drug-likeness (QED) is 0.514. The molecule has 0 spiro atoms. The first-order valence-corrected chi connectivity index (χ1v) is 6.36. The van der Waals surface area contributed by atoms with Crippen molar-refractivity contribution in [3.05, 3.63) is 46.7 Å². The van der Waals surface area contributed by atoms with E-state index in [2.05, 4.69) is 9.97 Å². The molecule has 0 atom stereocenters. The Hall–Kier alpha value is -1.59. The molecule has 6 heteroatoms. The highest BCUT2D eigenvalue weighted by Gasteiger charge is 2.09. The molecule has 2 aromatic rings. The molecule has 0 saturated carbocycles. The van der Waals surface area contributed by atoms with Crippen molar-refractivity contribution in [3.8, 4) is 0 Å². The van der Waals surface area contributed by atoms with E-state index in [4.69, 9.17) is 22.7 Å². The summed E-state index contributed by atoms with van der Waals surface area (Å²) < 4.78 is 0. The van der Waals surface area contributed by atoms with Crippen LogP contribution in [0.3, 0.4) is 0 Å². The lowest BCUT2D eigenvalue weighted by atomic mass is 10.2. The van der Waals surface area contributed by atoms with Gasteiger partial charge in [0.1, 0.15) is 5.84 Å². The fourth-order valence-electron chi connectivity index (χ4n) is 1.33. The first-order chi connectivity index (χ1) is 8.56. The second-order valence-electron chi connectivity index (χ2n) is 3.70. The van der Waals surface area contributed by atoms with E-state index >= 15 is 0 Å². The Morgan fingerprint density at radius 1 is 1.33 bits per heavy atom. The van der Waals surface area contributed by atoms with Crippen LogP contribution in [-0.4, -0.2) is 15.8 Å². The molecule has 0 bridgehead atoms. The van der Waals surface area contributed by atoms with E-state index in [0.717, 1.165) is 10.5 Å². The second-order valence-corrected chi connectivity index (χ2v) is 5.14. The van der Waals surface area contributed by atoms with Gasteiger partial charge in [0, 0.05) is 27.9 Å². The van der Waals surface area contributed by atoms with E-state index in [0.29, 0.717) is 15.7 Å². The number of nitrogens with two attached hydrogens (primary N) is 1. The van der Waals surface area contributed by atoms with Crippen LogP contribution in [0.2, 0.25) is 5.02 Å². The van der Waals surface area contributed by atoms with Gasteiger partial charge in [-0.2, -0.15) is 0 Å². The molecule has 0 aliphatic carbocycles. The van der Waals surface area contributed by atoms with E-state index in [9.17, 15) is 0 Å². The normalized spacial score (nSPS) is 10.3. The summed E-state index contributed by atoms with van der Waals surface area (Å²) in [6.07, 6.45) is 3.49. The molecule has 2 rings (SSSR count). The van der Waals surface area contributed by atoms with Crippen LogP contribution in [0, 0.1) is 12.3 Å². The minimum absolute atomic E-state index is 0.00118. The highest BCUT2D eigenvalue weighted by Crippen LogP contribution is 2.30. The molecule has 4 nitrogen and oxygen atoms in total. The van der Waals surface area contributed by atoms with Gasteiger partial charge in [-0.05, 0) is 42.4 Å². The summed E-state index contributed by atoms with van der Waals surface area (Å²) in [5, 5.41) is 8.72. The Bertz CT molecular complexity index is 583. The molecule has 0 amide bonds. The SMILES string of the molecule is Cc1cnc(Sc2cc(Cl)ccc2C(=N)N)nc1. The monoisotopic (exact) mass is 278 g/mol. The molecule has 0 unspecified atom stereocenters. The number of amidine groups is 1. The number of benzene rings is 1. The minimum Gasteiger partial charge on any atom is -0.384 e. The summed E-state index contributed by atoms with van der Waals surface area (Å²) in [5.41, 5.74) is 7.16. The Morgan fingerprint density at radius 3 is 2.61 bits per heavy atom. The van der Waals surface area contributed by atoms with Crippen LogP contribution >= 0.6 is 23.4 Å². The number of nitrogens with one attached hydrogen (secondary N) is 1. The van der Waals surface area contributed by atoms with E-state index in [1.807, 2.05) is 6.92 Å². The molecule has 3 N–H and O–H groups in total. The molecule has 0 aliphatic heterocycles. The van der Waals surface area contributed by atoms with Crippen molar-refractivity contribution < 1.29 is 0 Å². The van der Waals surface area contributed by atoms with Crippen LogP contribution in [0.5, 0.6) is 0 Å². The summed E-state index contributed by atoms with van der Waals surface area (Å²) in [6.45, 7) is 1.93. The summed E-state index contributed by atoms with van der Waals surface area (Å²) in [6, 6.07) is 5.19. The van der Waals surface area contributed by atoms with Gasteiger partial charge in [0.05, 0.1) is 0 Å². The van der Waals surface area contributed by atoms with Crippen molar-refractivity contribution in [2.75, 3.05) is 0 Å². The van der Waals surface area contributed by atoms with Crippen LogP contribution in [0.1, 0.15) is 11.1 Å². The molecule has 0 aliphatic rings. The van der Waals surface area contributed by atoms with Crippen LogP contribution in [0.25, 0.3) is 0 Å². The number of hydrogen-bond donors (Lipinski definition) is 2. The van der Waals surface area contributed by atoms with Gasteiger partial charge in [0.25, 0.3) is 0 Å². The molecule has 1 heterocycles. The Morgan fingerprint density at radius 2 is 2.00 bits per heavy atom. The zero-order chi connectivity index (χ0) is 13.1. The predicted molar refractivity (Wildman–Crippen MR) is 73.4 cm³/mol. The van der Waals surface area contributed by atoms with Gasteiger partial charge in [-0.3, -0.25) is 5.41 Å². The summed E-state index contributed by atoms with van der Waals surface area (Å²) in [4.78, 5) is 9.18. The molecule has 18 heavy (non-hydrogen) atoms. The number of nitrogens with zero attached hydrogens (tertiary/aromatic N) is 2. The minimum atomic E-state index is 0.00118. The lowest BCUT2D eigenvalue weighted by Gasteiger charge is -2.07. The van der Waals surface area contributed by atoms with Gasteiger partial charge < -0.3 is 5.73 Å². The van der Waals surface area contributed by atoms with Crippen LogP contribution < -0.4 is 5.73 Å². The number of aromatic nitrogens is 2. The number of aryl methyl sites for hydroxylation is 1. The van der Waals surface area contributed by atoms with E-state index in [1.54, 1.807) is 30.6 Å². The maximum Gasteiger partial charge on any atom is 0.192 e. The number of rotatable bonds is 3. The summed E-state index contributed by atoms with van der Waals surface area (Å²) in [7, 11) is 0. The smallest absolute Gasteiger partial charge is 0.192 e. The van der Waals surface area contributed by atoms with Crippen molar-refractivity contribution >= 4 is 29.2 Å². The fraction of sp³-hybridized carbons (Fsp3) is 0.0833. The molecule has 1 aromatic carbocycles. The maximum atomic E-state index is 7.53. The third-order valence-corrected chi connectivity index (χ3v) is 3.38. The predicted octanol–water partition coefficient (Wildman–Crippen LogP) is 2.87. The summed E-state index contributed by atoms with van der Waals surface area (Å²) >= 11 is 7.29. The number of halogens is 1. The van der Waals surface area contributed by atoms with Gasteiger partial charge in [0.2, 0.25) is 0 Å². The van der Waals surface area contributed by atoms with Gasteiger partial charge in [0.15, 0.2) is 5.16 Å². The van der Waals surface area contributed by atoms with E-state index in [1.165, 1.54) is 11.8 Å². The van der Waals surface area contributed by atoms with Crippen molar-refractivity contribution in [1.82, 2.24) is 9.97 Å². The van der Waals surface area contributed by atoms with Crippen molar-refractivity contribution in [2.45, 2.75) is 17.0 Å². The van der Waals surface area contributed by atoms with E-state index in [-0.39, 0.29) is 5.84 Å². The molecule has 0 fully saturated rings. The van der Waals surface area contributed by atoms with Gasteiger partial charge in [-0.25, -0.2) is 9.97 Å². The topological polar surface area (TPSA) is 75.7 Å². The van der Waals surface area contributed by atoms with Gasteiger partial charge >= 0.3 is 0 Å². The zero-order valence-electron chi connectivity index (χ0n) is 9.64. The third kappa shape index (κ3) is 3.00. The van der Waals surface area contributed by atoms with Crippen LogP contribution in [0.15, 0.2) is 40.6 Å². The van der Waals surface area contributed by atoms with Gasteiger partial charge in [-0.15, -0.1) is 0 Å². The molecule has 1 aromatic heterocycles. The lowest BCUT2D eigenvalue weighted by molar-refractivity contribution is 0.950. The number of nitrogen functional groups attached to an aromatic ring is 1. The zero-order valence-corrected chi connectivity index (χ0v) is 11.2. The standard InChI is InChI=1S/C12H11ClN4S/c1-7-5-16-12(17-6-7)18-10-4-8(13)2-3-9(10)11(14)15/h2-6H,1H3,(H3,14,15). The largest absolute Gasteiger partial charge is 0.384 e.